The molecular formula is C10H4ClN5. The van der Waals surface area contributed by atoms with Crippen LogP contribution in [-0.2, 0) is 0 Å². The third-order valence-corrected chi connectivity index (χ3v) is 2.24. The Bertz CT molecular complexity index is 617. The molecule has 0 bridgehead atoms. The molecule has 0 saturated carbocycles. The summed E-state index contributed by atoms with van der Waals surface area (Å²) in [5.41, 5.74) is 0.187. The molecule has 76 valence electrons. The van der Waals surface area contributed by atoms with Gasteiger partial charge in [-0.25, -0.2) is 9.97 Å². The van der Waals surface area contributed by atoms with Crippen LogP contribution in [0.15, 0.2) is 24.7 Å². The Labute approximate surface area is 96.2 Å². The number of aromatic nitrogens is 3. The third kappa shape index (κ3) is 1.50. The minimum Gasteiger partial charge on any atom is -0.272 e. The van der Waals surface area contributed by atoms with Gasteiger partial charge in [-0.3, -0.25) is 4.57 Å². The second kappa shape index (κ2) is 4.01. The smallest absolute Gasteiger partial charge is 0.177 e. The molecule has 0 fully saturated rings. The maximum Gasteiger partial charge on any atom is 0.177 e. The Hall–Kier alpha value is -2.37. The summed E-state index contributed by atoms with van der Waals surface area (Å²) < 4.78 is 1.39. The number of halogens is 1. The van der Waals surface area contributed by atoms with Gasteiger partial charge in [0.25, 0.3) is 0 Å². The van der Waals surface area contributed by atoms with E-state index in [1.54, 1.807) is 18.3 Å². The number of nitrogens with zero attached hydrogens (tertiary/aromatic N) is 5. The van der Waals surface area contributed by atoms with Crippen molar-refractivity contribution in [3.63, 3.8) is 0 Å². The number of rotatable bonds is 1. The van der Waals surface area contributed by atoms with Gasteiger partial charge in [-0.2, -0.15) is 10.5 Å². The first-order valence-corrected chi connectivity index (χ1v) is 4.64. The molecule has 0 amide bonds. The average molecular weight is 230 g/mol. The van der Waals surface area contributed by atoms with Gasteiger partial charge in [-0.05, 0) is 12.1 Å². The highest BCUT2D eigenvalue weighted by Crippen LogP contribution is 2.19. The molecule has 0 aliphatic rings. The van der Waals surface area contributed by atoms with Crippen molar-refractivity contribution in [2.75, 3.05) is 0 Å². The van der Waals surface area contributed by atoms with Crippen LogP contribution in [0.4, 0.5) is 0 Å². The van der Waals surface area contributed by atoms with Gasteiger partial charge in [0, 0.05) is 6.20 Å². The van der Waals surface area contributed by atoms with Crippen LogP contribution in [0.1, 0.15) is 11.4 Å². The van der Waals surface area contributed by atoms with E-state index in [0.717, 1.165) is 0 Å². The fraction of sp³-hybridized carbons (Fsp3) is 0. The van der Waals surface area contributed by atoms with Crippen molar-refractivity contribution in [3.8, 4) is 18.0 Å². The fourth-order valence-corrected chi connectivity index (χ4v) is 1.46. The Morgan fingerprint density at radius 3 is 2.69 bits per heavy atom. The number of nitriles is 2. The van der Waals surface area contributed by atoms with E-state index in [-0.39, 0.29) is 11.4 Å². The summed E-state index contributed by atoms with van der Waals surface area (Å²) >= 11 is 5.94. The van der Waals surface area contributed by atoms with E-state index in [1.807, 2.05) is 12.1 Å². The van der Waals surface area contributed by atoms with Gasteiger partial charge in [0.05, 0.1) is 5.02 Å². The zero-order valence-electron chi connectivity index (χ0n) is 7.92. The van der Waals surface area contributed by atoms with Gasteiger partial charge in [-0.15, -0.1) is 0 Å². The van der Waals surface area contributed by atoms with E-state index < -0.39 is 0 Å². The van der Waals surface area contributed by atoms with Crippen molar-refractivity contribution < 1.29 is 0 Å². The van der Waals surface area contributed by atoms with Crippen LogP contribution in [0.2, 0.25) is 5.02 Å². The summed E-state index contributed by atoms with van der Waals surface area (Å²) in [4.78, 5) is 7.84. The van der Waals surface area contributed by atoms with Crippen LogP contribution in [-0.4, -0.2) is 14.5 Å². The maximum absolute atomic E-state index is 8.94. The van der Waals surface area contributed by atoms with Gasteiger partial charge >= 0.3 is 0 Å². The Morgan fingerprint density at radius 1 is 1.25 bits per heavy atom. The van der Waals surface area contributed by atoms with Crippen molar-refractivity contribution in [1.82, 2.24) is 14.5 Å². The maximum atomic E-state index is 8.94. The minimum absolute atomic E-state index is 0.0595. The van der Waals surface area contributed by atoms with Crippen LogP contribution in [0.25, 0.3) is 5.82 Å². The Kier molecular flexibility index (Phi) is 2.55. The van der Waals surface area contributed by atoms with Crippen molar-refractivity contribution >= 4 is 11.6 Å². The van der Waals surface area contributed by atoms with E-state index in [9.17, 15) is 0 Å². The quantitative estimate of drug-likeness (QED) is 0.745. The summed E-state index contributed by atoms with van der Waals surface area (Å²) in [6, 6.07) is 7.06. The SMILES string of the molecule is N#Cc1ncn(-c2ncccc2Cl)c1C#N. The van der Waals surface area contributed by atoms with Gasteiger partial charge in [0.1, 0.15) is 18.5 Å². The molecule has 16 heavy (non-hydrogen) atoms. The molecule has 0 spiro atoms. The topological polar surface area (TPSA) is 78.3 Å². The van der Waals surface area contributed by atoms with Crippen LogP contribution < -0.4 is 0 Å². The zero-order valence-corrected chi connectivity index (χ0v) is 8.68. The Morgan fingerprint density at radius 2 is 2.06 bits per heavy atom. The fourth-order valence-electron chi connectivity index (χ4n) is 1.25. The second-order valence-electron chi connectivity index (χ2n) is 2.84. The molecule has 0 aliphatic heterocycles. The lowest BCUT2D eigenvalue weighted by Gasteiger charge is -2.03. The molecule has 2 heterocycles. The average Bonchev–Trinajstić information content (AvgIpc) is 2.72. The molecule has 0 saturated heterocycles. The molecule has 0 aromatic carbocycles. The van der Waals surface area contributed by atoms with Gasteiger partial charge in [0.15, 0.2) is 17.2 Å². The van der Waals surface area contributed by atoms with Crippen LogP contribution in [0, 0.1) is 22.7 Å². The number of pyridine rings is 1. The molecule has 0 N–H and O–H groups in total. The zero-order chi connectivity index (χ0) is 11.5. The molecule has 5 nitrogen and oxygen atoms in total. The summed E-state index contributed by atoms with van der Waals surface area (Å²) in [6.07, 6.45) is 2.90. The molecular weight excluding hydrogens is 226 g/mol. The number of hydrogen-bond donors (Lipinski definition) is 0. The molecule has 0 radical (unpaired) electrons. The largest absolute Gasteiger partial charge is 0.272 e. The lowest BCUT2D eigenvalue weighted by molar-refractivity contribution is 0.976. The van der Waals surface area contributed by atoms with Crippen LogP contribution in [0.3, 0.4) is 0 Å². The van der Waals surface area contributed by atoms with E-state index >= 15 is 0 Å². The minimum atomic E-state index is 0.0595. The van der Waals surface area contributed by atoms with Crippen LogP contribution >= 0.6 is 11.6 Å². The van der Waals surface area contributed by atoms with Crippen molar-refractivity contribution in [2.45, 2.75) is 0 Å². The van der Waals surface area contributed by atoms with Gasteiger partial charge in [-0.1, -0.05) is 11.6 Å². The Balaban J connectivity index is 2.68. The summed E-state index contributed by atoms with van der Waals surface area (Å²) in [6.45, 7) is 0. The first kappa shape index (κ1) is 10.2. The summed E-state index contributed by atoms with van der Waals surface area (Å²) in [7, 11) is 0. The van der Waals surface area contributed by atoms with E-state index in [1.165, 1.54) is 10.9 Å². The molecule has 0 unspecified atom stereocenters. The normalized spacial score (nSPS) is 9.44. The van der Waals surface area contributed by atoms with E-state index in [2.05, 4.69) is 9.97 Å². The third-order valence-electron chi connectivity index (χ3n) is 1.95. The lowest BCUT2D eigenvalue weighted by atomic mass is 10.3. The first-order chi connectivity index (χ1) is 7.77. The predicted molar refractivity (Wildman–Crippen MR) is 55.8 cm³/mol. The highest BCUT2D eigenvalue weighted by atomic mass is 35.5. The molecule has 0 atom stereocenters. The second-order valence-corrected chi connectivity index (χ2v) is 3.25. The molecule has 2 rings (SSSR count). The van der Waals surface area contributed by atoms with Gasteiger partial charge in [0.2, 0.25) is 0 Å². The van der Waals surface area contributed by atoms with Crippen molar-refractivity contribution in [3.05, 3.63) is 41.1 Å². The lowest BCUT2D eigenvalue weighted by Crippen LogP contribution is -1.99. The first-order valence-electron chi connectivity index (χ1n) is 4.26. The van der Waals surface area contributed by atoms with Crippen molar-refractivity contribution in [1.29, 1.82) is 10.5 Å². The number of imidazole rings is 1. The van der Waals surface area contributed by atoms with Gasteiger partial charge < -0.3 is 0 Å². The van der Waals surface area contributed by atoms with E-state index in [0.29, 0.717) is 10.8 Å². The highest BCUT2D eigenvalue weighted by Gasteiger charge is 2.13. The molecule has 2 aromatic heterocycles. The van der Waals surface area contributed by atoms with Crippen molar-refractivity contribution in [2.24, 2.45) is 0 Å². The number of hydrogen-bond acceptors (Lipinski definition) is 4. The molecule has 0 aliphatic carbocycles. The highest BCUT2D eigenvalue weighted by molar-refractivity contribution is 6.32. The van der Waals surface area contributed by atoms with Crippen LogP contribution in [0.5, 0.6) is 0 Å². The molecule has 6 heteroatoms. The van der Waals surface area contributed by atoms with E-state index in [4.69, 9.17) is 22.1 Å². The predicted octanol–water partition coefficient (Wildman–Crippen LogP) is 1.66. The standard InChI is InChI=1S/C10H4ClN5/c11-7-2-1-3-14-10(7)16-6-15-8(4-12)9(16)5-13/h1-3,6H. The molecule has 2 aromatic rings. The summed E-state index contributed by atoms with van der Waals surface area (Å²) in [5.74, 6) is 0.384. The monoisotopic (exact) mass is 229 g/mol. The summed E-state index contributed by atoms with van der Waals surface area (Å²) in [5, 5.41) is 18.1.